The van der Waals surface area contributed by atoms with Crippen LogP contribution in [0.5, 0.6) is 5.75 Å². The van der Waals surface area contributed by atoms with Crippen LogP contribution in [-0.4, -0.2) is 26.7 Å². The molecule has 0 spiro atoms. The van der Waals surface area contributed by atoms with E-state index in [1.165, 1.54) is 17.4 Å². The molecule has 7 heteroatoms. The minimum Gasteiger partial charge on any atom is -0.492 e. The van der Waals surface area contributed by atoms with E-state index in [0.717, 1.165) is 0 Å². The normalized spacial score (nSPS) is 11.5. The molecule has 2 aromatic rings. The van der Waals surface area contributed by atoms with E-state index in [4.69, 9.17) is 9.84 Å². The second-order valence-electron chi connectivity index (χ2n) is 4.35. The van der Waals surface area contributed by atoms with E-state index >= 15 is 0 Å². The first-order valence-electron chi connectivity index (χ1n) is 6.40. The first-order chi connectivity index (χ1) is 10.0. The Bertz CT molecular complexity index is 680. The summed E-state index contributed by atoms with van der Waals surface area (Å²) in [5.74, 6) is 0.700. The number of aliphatic hydroxyl groups is 1. The van der Waals surface area contributed by atoms with Crippen molar-refractivity contribution in [3.05, 3.63) is 46.2 Å². The lowest BCUT2D eigenvalue weighted by Gasteiger charge is -2.08. The molecule has 2 rings (SSSR count). The summed E-state index contributed by atoms with van der Waals surface area (Å²) in [6.07, 6.45) is 0. The molecule has 0 bridgehead atoms. The monoisotopic (exact) mass is 327 g/mol. The van der Waals surface area contributed by atoms with E-state index in [1.807, 2.05) is 30.3 Å². The van der Waals surface area contributed by atoms with Crippen molar-refractivity contribution in [3.63, 3.8) is 0 Å². The highest BCUT2D eigenvalue weighted by molar-refractivity contribution is 7.89. The van der Waals surface area contributed by atoms with Crippen molar-refractivity contribution in [2.45, 2.75) is 18.4 Å². The highest BCUT2D eigenvalue weighted by Crippen LogP contribution is 2.25. The molecule has 0 unspecified atom stereocenters. The van der Waals surface area contributed by atoms with Crippen LogP contribution in [0.4, 0.5) is 0 Å². The van der Waals surface area contributed by atoms with Crippen LogP contribution in [0.1, 0.15) is 9.75 Å². The van der Waals surface area contributed by atoms with Crippen LogP contribution in [0.15, 0.2) is 41.3 Å². The first-order valence-corrected chi connectivity index (χ1v) is 8.70. The van der Waals surface area contributed by atoms with Crippen LogP contribution in [0.3, 0.4) is 0 Å². The number of sulfonamides is 1. The van der Waals surface area contributed by atoms with Crippen molar-refractivity contribution in [2.24, 2.45) is 0 Å². The third-order valence-corrected chi connectivity index (χ3v) is 5.53. The van der Waals surface area contributed by atoms with Crippen LogP contribution in [0.2, 0.25) is 0 Å². The smallest absolute Gasteiger partial charge is 0.241 e. The molecule has 0 aliphatic carbocycles. The molecule has 0 radical (unpaired) electrons. The molecule has 0 saturated carbocycles. The van der Waals surface area contributed by atoms with Crippen molar-refractivity contribution in [3.8, 4) is 5.75 Å². The second kappa shape index (κ2) is 7.04. The fourth-order valence-electron chi connectivity index (χ4n) is 1.81. The SMILES string of the molecule is Cc1sc(CO)cc1S(=O)(=O)NCCOc1ccccc1. The number of ether oxygens (including phenoxy) is 1. The molecule has 1 aromatic carbocycles. The maximum atomic E-state index is 12.2. The number of benzene rings is 1. The zero-order valence-electron chi connectivity index (χ0n) is 11.6. The van der Waals surface area contributed by atoms with Gasteiger partial charge >= 0.3 is 0 Å². The van der Waals surface area contributed by atoms with Gasteiger partial charge in [0, 0.05) is 16.3 Å². The third kappa shape index (κ3) is 4.28. The molecule has 2 N–H and O–H groups in total. The topological polar surface area (TPSA) is 75.6 Å². The Labute approximate surface area is 128 Å². The largest absolute Gasteiger partial charge is 0.492 e. The van der Waals surface area contributed by atoms with Gasteiger partial charge in [0.15, 0.2) is 0 Å². The third-order valence-electron chi connectivity index (χ3n) is 2.77. The van der Waals surface area contributed by atoms with E-state index in [1.54, 1.807) is 6.92 Å². The maximum absolute atomic E-state index is 12.2. The maximum Gasteiger partial charge on any atom is 0.241 e. The van der Waals surface area contributed by atoms with Gasteiger partial charge in [0.05, 0.1) is 11.5 Å². The lowest BCUT2D eigenvalue weighted by atomic mass is 10.3. The van der Waals surface area contributed by atoms with E-state index < -0.39 is 10.0 Å². The van der Waals surface area contributed by atoms with E-state index in [-0.39, 0.29) is 24.7 Å². The van der Waals surface area contributed by atoms with Crippen LogP contribution in [-0.2, 0) is 16.6 Å². The lowest BCUT2D eigenvalue weighted by Crippen LogP contribution is -2.28. The van der Waals surface area contributed by atoms with Gasteiger partial charge in [-0.1, -0.05) is 18.2 Å². The Balaban J connectivity index is 1.91. The zero-order valence-corrected chi connectivity index (χ0v) is 13.2. The van der Waals surface area contributed by atoms with Crippen molar-refractivity contribution >= 4 is 21.4 Å². The summed E-state index contributed by atoms with van der Waals surface area (Å²) >= 11 is 1.28. The molecule has 1 aromatic heterocycles. The van der Waals surface area contributed by atoms with Gasteiger partial charge in [-0.15, -0.1) is 11.3 Å². The number of rotatable bonds is 7. The molecule has 0 saturated heterocycles. The summed E-state index contributed by atoms with van der Waals surface area (Å²) in [4.78, 5) is 1.51. The van der Waals surface area contributed by atoms with Gasteiger partial charge in [-0.05, 0) is 25.1 Å². The quantitative estimate of drug-likeness (QED) is 0.762. The molecular weight excluding hydrogens is 310 g/mol. The molecule has 21 heavy (non-hydrogen) atoms. The van der Waals surface area contributed by atoms with Gasteiger partial charge in [-0.25, -0.2) is 13.1 Å². The molecule has 114 valence electrons. The molecule has 0 aliphatic rings. The lowest BCUT2D eigenvalue weighted by molar-refractivity contribution is 0.285. The summed E-state index contributed by atoms with van der Waals surface area (Å²) in [5, 5.41) is 9.06. The van der Waals surface area contributed by atoms with Crippen molar-refractivity contribution < 1.29 is 18.3 Å². The fraction of sp³-hybridized carbons (Fsp3) is 0.286. The van der Waals surface area contributed by atoms with Gasteiger partial charge in [-0.3, -0.25) is 0 Å². The summed E-state index contributed by atoms with van der Waals surface area (Å²) in [6, 6.07) is 10.7. The predicted molar refractivity (Wildman–Crippen MR) is 82.1 cm³/mol. The summed E-state index contributed by atoms with van der Waals surface area (Å²) in [7, 11) is -3.57. The molecule has 5 nitrogen and oxygen atoms in total. The highest BCUT2D eigenvalue weighted by atomic mass is 32.2. The number of nitrogens with one attached hydrogen (secondary N) is 1. The zero-order chi connectivity index (χ0) is 15.3. The van der Waals surface area contributed by atoms with Crippen LogP contribution >= 0.6 is 11.3 Å². The number of aliphatic hydroxyl groups excluding tert-OH is 1. The minimum absolute atomic E-state index is 0.155. The molecule has 0 atom stereocenters. The van der Waals surface area contributed by atoms with Gasteiger partial charge in [0.25, 0.3) is 0 Å². The standard InChI is InChI=1S/C14H17NO4S2/c1-11-14(9-13(10-16)20-11)21(17,18)15-7-8-19-12-5-3-2-4-6-12/h2-6,9,15-16H,7-8,10H2,1H3. The fourth-order valence-corrected chi connectivity index (χ4v) is 4.31. The molecular formula is C14H17NO4S2. The molecule has 0 aliphatic heterocycles. The average molecular weight is 327 g/mol. The van der Waals surface area contributed by atoms with Gasteiger partial charge in [0.1, 0.15) is 12.4 Å². The number of hydrogen-bond donors (Lipinski definition) is 2. The Kier molecular flexibility index (Phi) is 5.35. The summed E-state index contributed by atoms with van der Waals surface area (Å²) < 4.78 is 32.2. The summed E-state index contributed by atoms with van der Waals surface area (Å²) in [6.45, 7) is 2.00. The van der Waals surface area contributed by atoms with Crippen LogP contribution < -0.4 is 9.46 Å². The Hall–Kier alpha value is -1.41. The number of thiophene rings is 1. The molecule has 0 amide bonds. The highest BCUT2D eigenvalue weighted by Gasteiger charge is 2.19. The van der Waals surface area contributed by atoms with E-state index in [9.17, 15) is 8.42 Å². The predicted octanol–water partition coefficient (Wildman–Crippen LogP) is 1.91. The minimum atomic E-state index is -3.57. The Morgan fingerprint density at radius 3 is 2.62 bits per heavy atom. The second-order valence-corrected chi connectivity index (χ2v) is 7.43. The number of aryl methyl sites for hydroxylation is 1. The van der Waals surface area contributed by atoms with Gasteiger partial charge < -0.3 is 9.84 Å². The van der Waals surface area contributed by atoms with Crippen LogP contribution in [0, 0.1) is 6.92 Å². The Morgan fingerprint density at radius 1 is 1.29 bits per heavy atom. The first kappa shape index (κ1) is 16.0. The number of para-hydroxylation sites is 1. The van der Waals surface area contributed by atoms with Crippen LogP contribution in [0.25, 0.3) is 0 Å². The van der Waals surface area contributed by atoms with Crippen molar-refractivity contribution in [1.82, 2.24) is 4.72 Å². The van der Waals surface area contributed by atoms with Gasteiger partial charge in [0.2, 0.25) is 10.0 Å². The summed E-state index contributed by atoms with van der Waals surface area (Å²) in [5.41, 5.74) is 0. The van der Waals surface area contributed by atoms with E-state index in [0.29, 0.717) is 15.5 Å². The molecule has 0 fully saturated rings. The van der Waals surface area contributed by atoms with Crippen molar-refractivity contribution in [1.29, 1.82) is 0 Å². The average Bonchev–Trinajstić information content (AvgIpc) is 2.87. The van der Waals surface area contributed by atoms with E-state index in [2.05, 4.69) is 4.72 Å². The molecule has 1 heterocycles. The number of hydrogen-bond acceptors (Lipinski definition) is 5. The van der Waals surface area contributed by atoms with Crippen molar-refractivity contribution in [2.75, 3.05) is 13.2 Å². The van der Waals surface area contributed by atoms with Gasteiger partial charge in [-0.2, -0.15) is 0 Å². The Morgan fingerprint density at radius 2 is 2.00 bits per heavy atom.